The molecule has 1 aliphatic rings. The number of ether oxygens (including phenoxy) is 1. The molecule has 0 saturated carbocycles. The Kier molecular flexibility index (Phi) is 4.84. The molecule has 1 unspecified atom stereocenters. The monoisotopic (exact) mass is 278 g/mol. The third kappa shape index (κ3) is 3.04. The number of nitrogens with zero attached hydrogens (tertiary/aromatic N) is 1. The number of anilines is 2. The molecule has 1 atom stereocenters. The molecule has 1 fully saturated rings. The number of carbonyl (C=O) groups is 1. The van der Waals surface area contributed by atoms with Crippen LogP contribution in [0.5, 0.6) is 0 Å². The van der Waals surface area contributed by atoms with Gasteiger partial charge in [0, 0.05) is 12.2 Å². The van der Waals surface area contributed by atoms with Crippen molar-refractivity contribution in [3.63, 3.8) is 0 Å². The lowest BCUT2D eigenvalue weighted by molar-refractivity contribution is 0.0526. The fourth-order valence-electron chi connectivity index (χ4n) is 2.68. The molecular weight excluding hydrogens is 256 g/mol. The first-order valence-corrected chi connectivity index (χ1v) is 7.11. The number of piperidine rings is 1. The van der Waals surface area contributed by atoms with E-state index < -0.39 is 0 Å². The van der Waals surface area contributed by atoms with E-state index >= 15 is 0 Å². The van der Waals surface area contributed by atoms with Crippen molar-refractivity contribution >= 4 is 17.3 Å². The summed E-state index contributed by atoms with van der Waals surface area (Å²) in [6.07, 6.45) is 3.09. The van der Waals surface area contributed by atoms with E-state index in [0.717, 1.165) is 31.5 Å². The van der Waals surface area contributed by atoms with Crippen LogP contribution in [0, 0.1) is 0 Å². The highest BCUT2D eigenvalue weighted by molar-refractivity contribution is 5.97. The summed E-state index contributed by atoms with van der Waals surface area (Å²) in [6.45, 7) is 3.03. The molecule has 0 amide bonds. The second kappa shape index (κ2) is 6.61. The number of esters is 1. The molecule has 0 bridgehead atoms. The highest BCUT2D eigenvalue weighted by Crippen LogP contribution is 2.29. The molecule has 110 valence electrons. The van der Waals surface area contributed by atoms with E-state index in [2.05, 4.69) is 4.90 Å². The van der Waals surface area contributed by atoms with Gasteiger partial charge in [0.2, 0.25) is 0 Å². The van der Waals surface area contributed by atoms with Crippen molar-refractivity contribution in [2.45, 2.75) is 32.2 Å². The van der Waals surface area contributed by atoms with E-state index in [1.807, 2.05) is 6.07 Å². The Balaban J connectivity index is 2.36. The number of nitrogen functional groups attached to an aromatic ring is 1. The van der Waals surface area contributed by atoms with Crippen LogP contribution in [-0.4, -0.2) is 36.9 Å². The molecule has 5 heteroatoms. The Bertz CT molecular complexity index is 476. The van der Waals surface area contributed by atoms with Gasteiger partial charge in [-0.2, -0.15) is 0 Å². The average Bonchev–Trinajstić information content (AvgIpc) is 2.47. The lowest BCUT2D eigenvalue weighted by Crippen LogP contribution is -2.42. The SMILES string of the molecule is CCOC(=O)c1cc(N)ccc1N1CCCCC1CO. The third-order valence-corrected chi connectivity index (χ3v) is 3.66. The van der Waals surface area contributed by atoms with Crippen LogP contribution in [0.1, 0.15) is 36.5 Å². The van der Waals surface area contributed by atoms with Crippen molar-refractivity contribution in [2.24, 2.45) is 0 Å². The predicted molar refractivity (Wildman–Crippen MR) is 78.9 cm³/mol. The third-order valence-electron chi connectivity index (χ3n) is 3.66. The fraction of sp³-hybridized carbons (Fsp3) is 0.533. The van der Waals surface area contributed by atoms with Crippen LogP contribution in [0.15, 0.2) is 18.2 Å². The van der Waals surface area contributed by atoms with Gasteiger partial charge < -0.3 is 20.5 Å². The largest absolute Gasteiger partial charge is 0.462 e. The number of nitrogens with two attached hydrogens (primary N) is 1. The van der Waals surface area contributed by atoms with Crippen molar-refractivity contribution < 1.29 is 14.6 Å². The van der Waals surface area contributed by atoms with Gasteiger partial charge in [-0.1, -0.05) is 0 Å². The highest BCUT2D eigenvalue weighted by atomic mass is 16.5. The van der Waals surface area contributed by atoms with E-state index in [0.29, 0.717) is 17.9 Å². The standard InChI is InChI=1S/C15H22N2O3/c1-2-20-15(19)13-9-11(16)6-7-14(13)17-8-4-3-5-12(17)10-18/h6-7,9,12,18H,2-5,8,10,16H2,1H3. The maximum atomic E-state index is 12.1. The summed E-state index contributed by atoms with van der Waals surface area (Å²) in [5.74, 6) is -0.364. The van der Waals surface area contributed by atoms with E-state index in [9.17, 15) is 9.90 Å². The highest BCUT2D eigenvalue weighted by Gasteiger charge is 2.26. The molecular formula is C15H22N2O3. The minimum absolute atomic E-state index is 0.0561. The van der Waals surface area contributed by atoms with Gasteiger partial charge in [-0.15, -0.1) is 0 Å². The number of hydrogen-bond acceptors (Lipinski definition) is 5. The predicted octanol–water partition coefficient (Wildman–Crippen LogP) is 1.80. The number of hydrogen-bond donors (Lipinski definition) is 2. The number of carbonyl (C=O) groups excluding carboxylic acids is 1. The molecule has 0 radical (unpaired) electrons. The van der Waals surface area contributed by atoms with Crippen molar-refractivity contribution in [3.8, 4) is 0 Å². The minimum Gasteiger partial charge on any atom is -0.462 e. The zero-order chi connectivity index (χ0) is 14.5. The molecule has 0 aromatic heterocycles. The van der Waals surface area contributed by atoms with Gasteiger partial charge in [0.05, 0.1) is 30.5 Å². The number of aliphatic hydroxyl groups is 1. The summed E-state index contributed by atoms with van der Waals surface area (Å²) in [5.41, 5.74) is 7.60. The molecule has 5 nitrogen and oxygen atoms in total. The van der Waals surface area contributed by atoms with Crippen LogP contribution in [0.3, 0.4) is 0 Å². The van der Waals surface area contributed by atoms with Gasteiger partial charge in [-0.05, 0) is 44.4 Å². The number of benzene rings is 1. The van der Waals surface area contributed by atoms with Crippen molar-refractivity contribution in [1.82, 2.24) is 0 Å². The maximum absolute atomic E-state index is 12.1. The molecule has 0 aliphatic carbocycles. The Labute approximate surface area is 119 Å². The van der Waals surface area contributed by atoms with Crippen LogP contribution < -0.4 is 10.6 Å². The fourth-order valence-corrected chi connectivity index (χ4v) is 2.68. The molecule has 1 heterocycles. The molecule has 1 aromatic carbocycles. The zero-order valence-electron chi connectivity index (χ0n) is 11.8. The van der Waals surface area contributed by atoms with Gasteiger partial charge in [0.1, 0.15) is 0 Å². The zero-order valence-corrected chi connectivity index (χ0v) is 11.8. The number of rotatable bonds is 4. The van der Waals surface area contributed by atoms with Crippen LogP contribution in [0.25, 0.3) is 0 Å². The topological polar surface area (TPSA) is 75.8 Å². The van der Waals surface area contributed by atoms with Crippen molar-refractivity contribution in [3.05, 3.63) is 23.8 Å². The molecule has 1 aromatic rings. The number of aliphatic hydroxyl groups excluding tert-OH is 1. The summed E-state index contributed by atoms with van der Waals surface area (Å²) in [4.78, 5) is 14.2. The van der Waals surface area contributed by atoms with Crippen molar-refractivity contribution in [2.75, 3.05) is 30.4 Å². The van der Waals surface area contributed by atoms with Gasteiger partial charge in [0.15, 0.2) is 0 Å². The second-order valence-electron chi connectivity index (χ2n) is 5.02. The van der Waals surface area contributed by atoms with Crippen molar-refractivity contribution in [1.29, 1.82) is 0 Å². The van der Waals surface area contributed by atoms with E-state index in [4.69, 9.17) is 10.5 Å². The quantitative estimate of drug-likeness (QED) is 0.649. The second-order valence-corrected chi connectivity index (χ2v) is 5.02. The molecule has 1 saturated heterocycles. The van der Waals surface area contributed by atoms with Crippen LogP contribution in [-0.2, 0) is 4.74 Å². The minimum atomic E-state index is -0.364. The molecule has 1 aliphatic heterocycles. The summed E-state index contributed by atoms with van der Waals surface area (Å²) >= 11 is 0. The normalized spacial score (nSPS) is 18.9. The summed E-state index contributed by atoms with van der Waals surface area (Å²) in [6, 6.07) is 5.33. The van der Waals surface area contributed by atoms with Gasteiger partial charge in [0.25, 0.3) is 0 Å². The Morgan fingerprint density at radius 3 is 3.00 bits per heavy atom. The smallest absolute Gasteiger partial charge is 0.340 e. The van der Waals surface area contributed by atoms with Gasteiger partial charge in [-0.3, -0.25) is 0 Å². The van der Waals surface area contributed by atoms with Gasteiger partial charge >= 0.3 is 5.97 Å². The van der Waals surface area contributed by atoms with Crippen LogP contribution >= 0.6 is 0 Å². The summed E-state index contributed by atoms with van der Waals surface area (Å²) < 4.78 is 5.10. The maximum Gasteiger partial charge on any atom is 0.340 e. The summed E-state index contributed by atoms with van der Waals surface area (Å²) in [7, 11) is 0. The molecule has 0 spiro atoms. The Hall–Kier alpha value is -1.75. The summed E-state index contributed by atoms with van der Waals surface area (Å²) in [5, 5.41) is 9.53. The first kappa shape index (κ1) is 14.7. The Morgan fingerprint density at radius 1 is 1.50 bits per heavy atom. The van der Waals surface area contributed by atoms with E-state index in [-0.39, 0.29) is 18.6 Å². The van der Waals surface area contributed by atoms with E-state index in [1.54, 1.807) is 19.1 Å². The lowest BCUT2D eigenvalue weighted by atomic mass is 10.00. The van der Waals surface area contributed by atoms with E-state index in [1.165, 1.54) is 0 Å². The van der Waals surface area contributed by atoms with Gasteiger partial charge in [-0.25, -0.2) is 4.79 Å². The molecule has 3 N–H and O–H groups in total. The first-order valence-electron chi connectivity index (χ1n) is 7.11. The Morgan fingerprint density at radius 2 is 2.30 bits per heavy atom. The average molecular weight is 278 g/mol. The van der Waals surface area contributed by atoms with Crippen LogP contribution in [0.4, 0.5) is 11.4 Å². The molecule has 20 heavy (non-hydrogen) atoms. The first-order chi connectivity index (χ1) is 9.67. The molecule has 2 rings (SSSR count). The lowest BCUT2D eigenvalue weighted by Gasteiger charge is -2.37. The van der Waals surface area contributed by atoms with Crippen LogP contribution in [0.2, 0.25) is 0 Å².